The summed E-state index contributed by atoms with van der Waals surface area (Å²) in [7, 11) is 1.68. The highest BCUT2D eigenvalue weighted by Crippen LogP contribution is 2.33. The average molecular weight is 425 g/mol. The number of hydrogen-bond donors (Lipinski definition) is 2. The van der Waals surface area contributed by atoms with Crippen molar-refractivity contribution in [2.24, 2.45) is 17.8 Å². The van der Waals surface area contributed by atoms with Crippen LogP contribution in [0.5, 0.6) is 0 Å². The topological polar surface area (TPSA) is 93.1 Å². The lowest BCUT2D eigenvalue weighted by molar-refractivity contribution is -0.143. The van der Waals surface area contributed by atoms with Gasteiger partial charge >= 0.3 is 5.97 Å². The molecule has 1 rings (SSSR count). The summed E-state index contributed by atoms with van der Waals surface area (Å²) < 4.78 is 9.94. The van der Waals surface area contributed by atoms with Gasteiger partial charge in [0, 0.05) is 38.4 Å². The van der Waals surface area contributed by atoms with Crippen LogP contribution in [-0.2, 0) is 19.1 Å². The summed E-state index contributed by atoms with van der Waals surface area (Å²) in [6.07, 6.45) is 11.7. The largest absolute Gasteiger partial charge is 0.466 e. The van der Waals surface area contributed by atoms with Crippen LogP contribution in [0.3, 0.4) is 0 Å². The van der Waals surface area contributed by atoms with Crippen molar-refractivity contribution in [1.29, 1.82) is 0 Å². The molecule has 1 saturated carbocycles. The molecule has 30 heavy (non-hydrogen) atoms. The number of hydrogen-bond acceptors (Lipinski definition) is 6. The molecule has 172 valence electrons. The lowest BCUT2D eigenvalue weighted by Gasteiger charge is -2.19. The molecule has 6 heteroatoms. The first kappa shape index (κ1) is 26.5. The third-order valence-electron chi connectivity index (χ3n) is 5.72. The van der Waals surface area contributed by atoms with Crippen LogP contribution in [-0.4, -0.2) is 54.5 Å². The van der Waals surface area contributed by atoms with Crippen molar-refractivity contribution in [1.82, 2.24) is 0 Å². The van der Waals surface area contributed by atoms with Gasteiger partial charge in [0.25, 0.3) is 0 Å². The highest BCUT2D eigenvalue weighted by molar-refractivity contribution is 5.84. The number of aliphatic hydroxyl groups is 2. The molecule has 2 N–H and O–H groups in total. The van der Waals surface area contributed by atoms with E-state index < -0.39 is 12.2 Å². The molecule has 0 aliphatic heterocycles. The molecule has 0 bridgehead atoms. The second kappa shape index (κ2) is 15.3. The molecule has 0 aromatic heterocycles. The SMILES string of the molecule is CCOC(=O)CCC/C=C\C[C@H]1C(=O)C[C@@H](O)[C@@H]1/C=C/[C@@H](O)C(C)CCCCOC. The first-order chi connectivity index (χ1) is 14.4. The number of unbranched alkanes of at least 4 members (excludes halogenated alkanes) is 2. The number of rotatable bonds is 15. The summed E-state index contributed by atoms with van der Waals surface area (Å²) in [5.41, 5.74) is 0. The summed E-state index contributed by atoms with van der Waals surface area (Å²) in [4.78, 5) is 23.6. The molecule has 0 aromatic rings. The maximum atomic E-state index is 12.3. The zero-order valence-corrected chi connectivity index (χ0v) is 18.8. The van der Waals surface area contributed by atoms with Crippen LogP contribution in [0.15, 0.2) is 24.3 Å². The molecule has 6 nitrogen and oxygen atoms in total. The Labute approximate surface area is 181 Å². The van der Waals surface area contributed by atoms with E-state index in [0.717, 1.165) is 32.3 Å². The Morgan fingerprint density at radius 2 is 2.03 bits per heavy atom. The molecular weight excluding hydrogens is 384 g/mol. The number of carbonyl (C=O) groups is 2. The third-order valence-corrected chi connectivity index (χ3v) is 5.72. The molecule has 1 aliphatic rings. The quantitative estimate of drug-likeness (QED) is 0.237. The van der Waals surface area contributed by atoms with Crippen molar-refractivity contribution in [3.8, 4) is 0 Å². The molecule has 0 radical (unpaired) electrons. The Morgan fingerprint density at radius 3 is 2.73 bits per heavy atom. The minimum atomic E-state index is -0.694. The van der Waals surface area contributed by atoms with E-state index in [0.29, 0.717) is 25.9 Å². The molecule has 0 heterocycles. The molecule has 1 fully saturated rings. The highest BCUT2D eigenvalue weighted by atomic mass is 16.5. The summed E-state index contributed by atoms with van der Waals surface area (Å²) >= 11 is 0. The van der Waals surface area contributed by atoms with E-state index in [-0.39, 0.29) is 35.9 Å². The van der Waals surface area contributed by atoms with Crippen molar-refractivity contribution in [2.45, 2.75) is 77.4 Å². The Morgan fingerprint density at radius 1 is 1.27 bits per heavy atom. The van der Waals surface area contributed by atoms with Crippen LogP contribution in [0.1, 0.15) is 65.2 Å². The second-order valence-electron chi connectivity index (χ2n) is 8.17. The van der Waals surface area contributed by atoms with E-state index in [1.807, 2.05) is 25.2 Å². The van der Waals surface area contributed by atoms with Crippen LogP contribution in [0.2, 0.25) is 0 Å². The van der Waals surface area contributed by atoms with Gasteiger partial charge in [-0.3, -0.25) is 9.59 Å². The molecule has 0 saturated heterocycles. The predicted octanol–water partition coefficient (Wildman–Crippen LogP) is 3.60. The molecule has 5 atom stereocenters. The van der Waals surface area contributed by atoms with Crippen molar-refractivity contribution in [2.75, 3.05) is 20.3 Å². The number of ketones is 1. The van der Waals surface area contributed by atoms with Crippen LogP contribution >= 0.6 is 0 Å². The van der Waals surface area contributed by atoms with Gasteiger partial charge in [-0.2, -0.15) is 0 Å². The van der Waals surface area contributed by atoms with Crippen LogP contribution in [0.4, 0.5) is 0 Å². The molecule has 0 spiro atoms. The Balaban J connectivity index is 2.47. The number of methoxy groups -OCH3 is 1. The van der Waals surface area contributed by atoms with Crippen molar-refractivity contribution < 1.29 is 29.3 Å². The number of allylic oxidation sites excluding steroid dienone is 2. The smallest absolute Gasteiger partial charge is 0.305 e. The minimum absolute atomic E-state index is 0.0652. The van der Waals surface area contributed by atoms with E-state index in [9.17, 15) is 19.8 Å². The Hall–Kier alpha value is -1.50. The molecule has 0 amide bonds. The Bertz CT molecular complexity index is 556. The van der Waals surface area contributed by atoms with E-state index >= 15 is 0 Å². The monoisotopic (exact) mass is 424 g/mol. The zero-order chi connectivity index (χ0) is 22.4. The summed E-state index contributed by atoms with van der Waals surface area (Å²) in [5.74, 6) is -0.531. The van der Waals surface area contributed by atoms with Crippen LogP contribution in [0.25, 0.3) is 0 Å². The first-order valence-corrected chi connectivity index (χ1v) is 11.3. The van der Waals surface area contributed by atoms with E-state index in [2.05, 4.69) is 0 Å². The van der Waals surface area contributed by atoms with Gasteiger partial charge in [0.05, 0.1) is 18.8 Å². The number of Topliss-reactive ketones (excluding diaryl/α,β-unsaturated/α-hetero) is 1. The lowest BCUT2D eigenvalue weighted by atomic mass is 9.89. The van der Waals surface area contributed by atoms with Crippen LogP contribution in [0, 0.1) is 17.8 Å². The highest BCUT2D eigenvalue weighted by Gasteiger charge is 2.39. The van der Waals surface area contributed by atoms with E-state index in [4.69, 9.17) is 9.47 Å². The van der Waals surface area contributed by atoms with E-state index in [1.54, 1.807) is 20.1 Å². The first-order valence-electron chi connectivity index (χ1n) is 11.3. The number of ether oxygens (including phenoxy) is 2. The van der Waals surface area contributed by atoms with Gasteiger partial charge < -0.3 is 19.7 Å². The minimum Gasteiger partial charge on any atom is -0.466 e. The number of carbonyl (C=O) groups excluding carboxylic acids is 2. The van der Waals surface area contributed by atoms with Gasteiger partial charge in [-0.25, -0.2) is 0 Å². The molecular formula is C24H40O6. The van der Waals surface area contributed by atoms with Gasteiger partial charge in [-0.15, -0.1) is 0 Å². The van der Waals surface area contributed by atoms with Gasteiger partial charge in [0.1, 0.15) is 5.78 Å². The van der Waals surface area contributed by atoms with E-state index in [1.165, 1.54) is 0 Å². The fraction of sp³-hybridized carbons (Fsp3) is 0.750. The predicted molar refractivity (Wildman–Crippen MR) is 117 cm³/mol. The number of esters is 1. The van der Waals surface area contributed by atoms with Gasteiger partial charge in [-0.05, 0) is 44.9 Å². The van der Waals surface area contributed by atoms with Crippen LogP contribution < -0.4 is 0 Å². The maximum Gasteiger partial charge on any atom is 0.305 e. The summed E-state index contributed by atoms with van der Waals surface area (Å²) in [6, 6.07) is 0. The lowest BCUT2D eigenvalue weighted by Crippen LogP contribution is -2.20. The molecule has 1 unspecified atom stereocenters. The van der Waals surface area contributed by atoms with Gasteiger partial charge in [-0.1, -0.05) is 37.6 Å². The fourth-order valence-corrected chi connectivity index (χ4v) is 3.80. The van der Waals surface area contributed by atoms with Gasteiger partial charge in [0.15, 0.2) is 0 Å². The number of aliphatic hydroxyl groups excluding tert-OH is 2. The summed E-state index contributed by atoms with van der Waals surface area (Å²) in [5, 5.41) is 20.7. The van der Waals surface area contributed by atoms with Crippen molar-refractivity contribution in [3.63, 3.8) is 0 Å². The van der Waals surface area contributed by atoms with Crippen molar-refractivity contribution >= 4 is 11.8 Å². The Kier molecular flexibility index (Phi) is 13.6. The summed E-state index contributed by atoms with van der Waals surface area (Å²) in [6.45, 7) is 4.93. The molecule has 0 aromatic carbocycles. The standard InChI is InChI=1S/C24H40O6/c1-4-30-24(28)13-8-6-5-7-12-19-20(23(27)17-22(19)26)14-15-21(25)18(2)11-9-10-16-29-3/h5,7,14-15,18-21,23,25,27H,4,6,8-13,16-17H2,1-3H3/b7-5-,15-14+/t18?,19-,20-,21-,23-/m1/s1. The van der Waals surface area contributed by atoms with Crippen molar-refractivity contribution in [3.05, 3.63) is 24.3 Å². The van der Waals surface area contributed by atoms with Gasteiger partial charge in [0.2, 0.25) is 0 Å². The normalized spacial score (nSPS) is 24.0. The second-order valence-corrected chi connectivity index (χ2v) is 8.17. The fourth-order valence-electron chi connectivity index (χ4n) is 3.80. The maximum absolute atomic E-state index is 12.3. The third kappa shape index (κ3) is 10.0. The average Bonchev–Trinajstić information content (AvgIpc) is 2.98. The molecule has 1 aliphatic carbocycles. The zero-order valence-electron chi connectivity index (χ0n) is 18.8.